The van der Waals surface area contributed by atoms with Gasteiger partial charge in [0.05, 0.1) is 16.8 Å². The Balaban J connectivity index is 1.95. The summed E-state index contributed by atoms with van der Waals surface area (Å²) in [6.07, 6.45) is -4.74. The van der Waals surface area contributed by atoms with Crippen LogP contribution in [0.1, 0.15) is 10.4 Å². The molecule has 0 unspecified atom stereocenters. The average molecular weight is 322 g/mol. The minimum atomic E-state index is -4.74. The van der Waals surface area contributed by atoms with Crippen LogP contribution in [0, 0.1) is 0 Å². The predicted molar refractivity (Wildman–Crippen MR) is 75.2 cm³/mol. The van der Waals surface area contributed by atoms with Crippen LogP contribution in [0.2, 0.25) is 0 Å². The number of aromatic nitrogens is 2. The zero-order valence-corrected chi connectivity index (χ0v) is 11.4. The van der Waals surface area contributed by atoms with Crippen LogP contribution in [-0.4, -0.2) is 27.6 Å². The number of ether oxygens (including phenoxy) is 1. The smallest absolute Gasteiger partial charge is 0.478 e. The first kappa shape index (κ1) is 14.9. The number of nitrogens with one attached hydrogen (secondary N) is 1. The van der Waals surface area contributed by atoms with Crippen LogP contribution in [-0.2, 0) is 0 Å². The summed E-state index contributed by atoms with van der Waals surface area (Å²) in [6.45, 7) is 0. The van der Waals surface area contributed by atoms with Gasteiger partial charge in [-0.25, -0.2) is 4.79 Å². The number of fused-ring (bicyclic) bond motifs is 1. The Morgan fingerprint density at radius 1 is 1.13 bits per heavy atom. The molecule has 0 radical (unpaired) electrons. The van der Waals surface area contributed by atoms with Crippen LogP contribution < -0.4 is 4.74 Å². The largest absolute Gasteiger partial charge is 0.573 e. The molecular weight excluding hydrogens is 313 g/mol. The van der Waals surface area contributed by atoms with Crippen molar-refractivity contribution in [1.82, 2.24) is 10.2 Å². The van der Waals surface area contributed by atoms with Crippen LogP contribution in [0.5, 0.6) is 5.75 Å². The molecule has 3 rings (SSSR count). The highest BCUT2D eigenvalue weighted by molar-refractivity contribution is 5.98. The topological polar surface area (TPSA) is 75.2 Å². The Hall–Kier alpha value is -3.03. The first-order chi connectivity index (χ1) is 10.8. The third-order valence-corrected chi connectivity index (χ3v) is 3.17. The summed E-state index contributed by atoms with van der Waals surface area (Å²) in [7, 11) is 0. The van der Waals surface area contributed by atoms with Gasteiger partial charge in [-0.05, 0) is 42.5 Å². The number of rotatable bonds is 3. The predicted octanol–water partition coefficient (Wildman–Crippen LogP) is 3.83. The van der Waals surface area contributed by atoms with Gasteiger partial charge in [-0.15, -0.1) is 13.2 Å². The molecule has 0 bridgehead atoms. The van der Waals surface area contributed by atoms with E-state index in [1.807, 2.05) is 0 Å². The van der Waals surface area contributed by atoms with E-state index in [4.69, 9.17) is 5.11 Å². The number of benzene rings is 2. The fraction of sp³-hybridized carbons (Fsp3) is 0.0667. The summed E-state index contributed by atoms with van der Waals surface area (Å²) >= 11 is 0. The Labute approximate surface area is 127 Å². The van der Waals surface area contributed by atoms with E-state index in [1.54, 1.807) is 6.07 Å². The number of nitrogens with zero attached hydrogens (tertiary/aromatic N) is 1. The number of carboxylic acid groups (broad SMARTS) is 1. The second-order valence-electron chi connectivity index (χ2n) is 4.71. The molecule has 0 saturated heterocycles. The van der Waals surface area contributed by atoms with Gasteiger partial charge in [-0.1, -0.05) is 0 Å². The number of carboxylic acids is 1. The minimum absolute atomic E-state index is 0.113. The first-order valence-electron chi connectivity index (χ1n) is 6.41. The monoisotopic (exact) mass is 322 g/mol. The number of H-pyrrole nitrogens is 1. The van der Waals surface area contributed by atoms with E-state index in [0.29, 0.717) is 22.2 Å². The lowest BCUT2D eigenvalue weighted by Crippen LogP contribution is -2.16. The molecule has 0 aliphatic carbocycles. The summed E-state index contributed by atoms with van der Waals surface area (Å²) in [6, 6.07) is 9.74. The molecule has 1 heterocycles. The highest BCUT2D eigenvalue weighted by atomic mass is 19.4. The first-order valence-corrected chi connectivity index (χ1v) is 6.41. The van der Waals surface area contributed by atoms with Crippen LogP contribution in [0.15, 0.2) is 42.5 Å². The van der Waals surface area contributed by atoms with Crippen LogP contribution in [0.25, 0.3) is 22.2 Å². The van der Waals surface area contributed by atoms with Gasteiger partial charge in [-0.2, -0.15) is 5.10 Å². The molecule has 2 N–H and O–H groups in total. The van der Waals surface area contributed by atoms with Gasteiger partial charge in [0.25, 0.3) is 0 Å². The van der Waals surface area contributed by atoms with E-state index in [1.165, 1.54) is 36.4 Å². The Morgan fingerprint density at radius 2 is 1.83 bits per heavy atom. The molecule has 0 saturated carbocycles. The van der Waals surface area contributed by atoms with Gasteiger partial charge in [0, 0.05) is 10.9 Å². The molecule has 3 aromatic rings. The lowest BCUT2D eigenvalue weighted by atomic mass is 10.1. The van der Waals surface area contributed by atoms with Crippen molar-refractivity contribution in [3.8, 4) is 17.0 Å². The number of halogens is 3. The van der Waals surface area contributed by atoms with Crippen molar-refractivity contribution in [1.29, 1.82) is 0 Å². The van der Waals surface area contributed by atoms with Crippen molar-refractivity contribution in [2.75, 3.05) is 0 Å². The minimum Gasteiger partial charge on any atom is -0.478 e. The van der Waals surface area contributed by atoms with Crippen molar-refractivity contribution in [2.24, 2.45) is 0 Å². The molecule has 0 spiro atoms. The molecule has 5 nitrogen and oxygen atoms in total. The van der Waals surface area contributed by atoms with Gasteiger partial charge in [0.15, 0.2) is 0 Å². The maximum Gasteiger partial charge on any atom is 0.573 e. The second-order valence-corrected chi connectivity index (χ2v) is 4.71. The van der Waals surface area contributed by atoms with Gasteiger partial charge in [0.1, 0.15) is 5.75 Å². The van der Waals surface area contributed by atoms with E-state index in [2.05, 4.69) is 14.9 Å². The summed E-state index contributed by atoms with van der Waals surface area (Å²) < 4.78 is 40.2. The zero-order valence-electron chi connectivity index (χ0n) is 11.4. The standard InChI is InChI=1S/C15H9F3N2O3/c16-15(17,18)23-10-4-1-8(2-5-10)13-11-6-3-9(14(21)22)7-12(11)19-20-13/h1-7H,(H,19,20)(H,21,22). The van der Waals surface area contributed by atoms with E-state index < -0.39 is 12.3 Å². The number of hydrogen-bond donors (Lipinski definition) is 2. The van der Waals surface area contributed by atoms with Gasteiger partial charge < -0.3 is 9.84 Å². The maximum absolute atomic E-state index is 12.1. The number of aromatic amines is 1. The summed E-state index contributed by atoms with van der Waals surface area (Å²) in [4.78, 5) is 10.9. The van der Waals surface area contributed by atoms with Gasteiger partial charge >= 0.3 is 12.3 Å². The molecule has 8 heteroatoms. The molecule has 23 heavy (non-hydrogen) atoms. The average Bonchev–Trinajstić information content (AvgIpc) is 2.89. The van der Waals surface area contributed by atoms with Crippen LogP contribution in [0.4, 0.5) is 13.2 Å². The number of carbonyl (C=O) groups is 1. The molecule has 0 aliphatic heterocycles. The zero-order chi connectivity index (χ0) is 16.6. The molecule has 0 fully saturated rings. The molecular formula is C15H9F3N2O3. The summed E-state index contributed by atoms with van der Waals surface area (Å²) in [5.74, 6) is -1.38. The highest BCUT2D eigenvalue weighted by Crippen LogP contribution is 2.29. The van der Waals surface area contributed by atoms with Crippen molar-refractivity contribution >= 4 is 16.9 Å². The van der Waals surface area contributed by atoms with E-state index >= 15 is 0 Å². The van der Waals surface area contributed by atoms with E-state index in [-0.39, 0.29) is 11.3 Å². The molecule has 2 aromatic carbocycles. The van der Waals surface area contributed by atoms with Crippen LogP contribution in [0.3, 0.4) is 0 Å². The van der Waals surface area contributed by atoms with E-state index in [9.17, 15) is 18.0 Å². The lowest BCUT2D eigenvalue weighted by molar-refractivity contribution is -0.274. The van der Waals surface area contributed by atoms with Crippen LogP contribution >= 0.6 is 0 Å². The highest BCUT2D eigenvalue weighted by Gasteiger charge is 2.31. The molecule has 118 valence electrons. The number of hydrogen-bond acceptors (Lipinski definition) is 3. The third kappa shape index (κ3) is 3.10. The fourth-order valence-corrected chi connectivity index (χ4v) is 2.19. The van der Waals surface area contributed by atoms with Crippen molar-refractivity contribution in [2.45, 2.75) is 6.36 Å². The van der Waals surface area contributed by atoms with Gasteiger partial charge in [0.2, 0.25) is 0 Å². The fourth-order valence-electron chi connectivity index (χ4n) is 2.19. The summed E-state index contributed by atoms with van der Waals surface area (Å²) in [5.41, 5.74) is 1.72. The molecule has 0 atom stereocenters. The van der Waals surface area contributed by atoms with Crippen molar-refractivity contribution in [3.63, 3.8) is 0 Å². The quantitative estimate of drug-likeness (QED) is 0.768. The van der Waals surface area contributed by atoms with Gasteiger partial charge in [-0.3, -0.25) is 5.10 Å². The third-order valence-electron chi connectivity index (χ3n) is 3.17. The van der Waals surface area contributed by atoms with Crippen molar-refractivity contribution in [3.05, 3.63) is 48.0 Å². The Kier molecular flexibility index (Phi) is 3.44. The normalized spacial score (nSPS) is 11.6. The molecule has 1 aromatic heterocycles. The Bertz CT molecular complexity index is 870. The SMILES string of the molecule is O=C(O)c1ccc2c(-c3ccc(OC(F)(F)F)cc3)n[nH]c2c1. The van der Waals surface area contributed by atoms with Crippen molar-refractivity contribution < 1.29 is 27.8 Å². The number of alkyl halides is 3. The lowest BCUT2D eigenvalue weighted by Gasteiger charge is -2.08. The molecule has 0 aliphatic rings. The number of aromatic carboxylic acids is 1. The maximum atomic E-state index is 12.1. The molecule has 0 amide bonds. The second kappa shape index (κ2) is 5.31. The van der Waals surface area contributed by atoms with E-state index in [0.717, 1.165) is 0 Å². The summed E-state index contributed by atoms with van der Waals surface area (Å²) in [5, 5.41) is 16.4. The Morgan fingerprint density at radius 3 is 2.43 bits per heavy atom.